The zero-order valence-corrected chi connectivity index (χ0v) is 10.0. The number of hydrogen-bond acceptors (Lipinski definition) is 2. The molecule has 0 aromatic rings. The van der Waals surface area contributed by atoms with E-state index >= 15 is 0 Å². The molecule has 2 heterocycles. The van der Waals surface area contributed by atoms with Gasteiger partial charge in [-0.1, -0.05) is 17.7 Å². The van der Waals surface area contributed by atoms with E-state index in [1.807, 2.05) is 12.3 Å². The van der Waals surface area contributed by atoms with Crippen LogP contribution in [-0.4, -0.2) is 10.2 Å². The van der Waals surface area contributed by atoms with Crippen molar-refractivity contribution in [2.75, 3.05) is 0 Å². The summed E-state index contributed by atoms with van der Waals surface area (Å²) in [5.41, 5.74) is 3.62. The highest BCUT2D eigenvalue weighted by atomic mass is 79.9. The molecule has 0 radical (unpaired) electrons. The molecule has 0 aromatic heterocycles. The zero-order valence-electron chi connectivity index (χ0n) is 8.42. The van der Waals surface area contributed by atoms with Gasteiger partial charge in [0.2, 0.25) is 0 Å². The number of nitrogens with one attached hydrogen (secondary N) is 1. The van der Waals surface area contributed by atoms with Crippen LogP contribution in [0.4, 0.5) is 0 Å². The Morgan fingerprint density at radius 3 is 3.20 bits per heavy atom. The lowest BCUT2D eigenvalue weighted by atomic mass is 9.79. The van der Waals surface area contributed by atoms with E-state index < -0.39 is 0 Å². The highest BCUT2D eigenvalue weighted by Crippen LogP contribution is 2.42. The molecule has 2 nitrogen and oxygen atoms in total. The van der Waals surface area contributed by atoms with Gasteiger partial charge in [0, 0.05) is 5.70 Å². The molecule has 0 amide bonds. The van der Waals surface area contributed by atoms with Crippen LogP contribution in [0.2, 0.25) is 0 Å². The van der Waals surface area contributed by atoms with Crippen LogP contribution in [0.3, 0.4) is 0 Å². The van der Waals surface area contributed by atoms with Crippen LogP contribution >= 0.6 is 15.9 Å². The molecule has 1 unspecified atom stereocenters. The molecule has 1 aliphatic carbocycles. The maximum absolute atomic E-state index is 4.72. The third-order valence-electron chi connectivity index (χ3n) is 3.13. The van der Waals surface area contributed by atoms with Gasteiger partial charge < -0.3 is 5.32 Å². The van der Waals surface area contributed by atoms with Crippen molar-refractivity contribution in [3.8, 4) is 0 Å². The van der Waals surface area contributed by atoms with Crippen LogP contribution in [-0.2, 0) is 0 Å². The second-order valence-electron chi connectivity index (χ2n) is 4.03. The van der Waals surface area contributed by atoms with Crippen molar-refractivity contribution in [3.63, 3.8) is 0 Å². The van der Waals surface area contributed by atoms with Gasteiger partial charge in [-0.25, -0.2) is 0 Å². The molecule has 15 heavy (non-hydrogen) atoms. The fourth-order valence-electron chi connectivity index (χ4n) is 2.38. The Labute approximate surface area is 97.3 Å². The van der Waals surface area contributed by atoms with E-state index in [2.05, 4.69) is 46.4 Å². The standard InChI is InChI=1S/C12H11BrN2/c1-8-2-4-10-12(6-7-14-10)9(8)3-5-11(13)15-12/h3-7,14H,2H2,1H3. The van der Waals surface area contributed by atoms with Crippen LogP contribution in [0.5, 0.6) is 0 Å². The van der Waals surface area contributed by atoms with Crippen molar-refractivity contribution in [1.29, 1.82) is 0 Å². The average molecular weight is 263 g/mol. The van der Waals surface area contributed by atoms with Crippen molar-refractivity contribution in [2.24, 2.45) is 4.99 Å². The maximum Gasteiger partial charge on any atom is 0.146 e. The molecule has 2 aliphatic heterocycles. The monoisotopic (exact) mass is 262 g/mol. The van der Waals surface area contributed by atoms with E-state index in [1.165, 1.54) is 16.8 Å². The number of dihydropyridines is 1. The summed E-state index contributed by atoms with van der Waals surface area (Å²) >= 11 is 3.45. The second-order valence-corrected chi connectivity index (χ2v) is 4.84. The summed E-state index contributed by atoms with van der Waals surface area (Å²) in [5, 5.41) is 3.27. The summed E-state index contributed by atoms with van der Waals surface area (Å²) < 4.78 is 0.903. The quantitative estimate of drug-likeness (QED) is 0.714. The Morgan fingerprint density at radius 1 is 1.47 bits per heavy atom. The molecule has 3 heteroatoms. The number of rotatable bonds is 0. The SMILES string of the molecule is CC1=C2C=CC(Br)=NC23C=CNC3=CC1. The minimum atomic E-state index is -0.268. The third kappa shape index (κ3) is 1.13. The predicted molar refractivity (Wildman–Crippen MR) is 65.9 cm³/mol. The van der Waals surface area contributed by atoms with Crippen LogP contribution in [0.15, 0.2) is 52.3 Å². The molecule has 0 aromatic carbocycles. The molecule has 0 saturated carbocycles. The largest absolute Gasteiger partial charge is 0.363 e. The van der Waals surface area contributed by atoms with Crippen LogP contribution < -0.4 is 5.32 Å². The molecule has 1 atom stereocenters. The lowest BCUT2D eigenvalue weighted by Gasteiger charge is -2.33. The number of halogens is 1. The molecular weight excluding hydrogens is 252 g/mol. The van der Waals surface area contributed by atoms with Crippen molar-refractivity contribution in [3.05, 3.63) is 47.3 Å². The summed E-state index contributed by atoms with van der Waals surface area (Å²) in [7, 11) is 0. The normalized spacial score (nSPS) is 31.9. The Bertz CT molecular complexity index is 480. The Hall–Kier alpha value is -1.09. The summed E-state index contributed by atoms with van der Waals surface area (Å²) in [6.07, 6.45) is 11.5. The zero-order chi connectivity index (χ0) is 10.5. The van der Waals surface area contributed by atoms with Gasteiger partial charge in [-0.3, -0.25) is 4.99 Å². The van der Waals surface area contributed by atoms with Crippen LogP contribution in [0, 0.1) is 0 Å². The van der Waals surface area contributed by atoms with Gasteiger partial charge >= 0.3 is 0 Å². The molecule has 3 aliphatic rings. The summed E-state index contributed by atoms with van der Waals surface area (Å²) in [6, 6.07) is 0. The van der Waals surface area contributed by atoms with Gasteiger partial charge in [-0.15, -0.1) is 0 Å². The summed E-state index contributed by atoms with van der Waals surface area (Å²) in [6.45, 7) is 2.18. The first kappa shape index (κ1) is 9.16. The maximum atomic E-state index is 4.72. The highest BCUT2D eigenvalue weighted by Gasteiger charge is 2.41. The Morgan fingerprint density at radius 2 is 2.33 bits per heavy atom. The number of aliphatic imine (C=N–C) groups is 1. The predicted octanol–water partition coefficient (Wildman–Crippen LogP) is 2.81. The second kappa shape index (κ2) is 2.95. The Balaban J connectivity index is 2.25. The van der Waals surface area contributed by atoms with E-state index in [0.29, 0.717) is 0 Å². The molecule has 76 valence electrons. The van der Waals surface area contributed by atoms with Gasteiger partial charge in [0.25, 0.3) is 0 Å². The van der Waals surface area contributed by atoms with Crippen LogP contribution in [0.1, 0.15) is 13.3 Å². The minimum absolute atomic E-state index is 0.268. The van der Waals surface area contributed by atoms with Gasteiger partial charge in [-0.2, -0.15) is 0 Å². The summed E-state index contributed by atoms with van der Waals surface area (Å²) in [5.74, 6) is 0. The lowest BCUT2D eigenvalue weighted by molar-refractivity contribution is 0.696. The smallest absolute Gasteiger partial charge is 0.146 e. The topological polar surface area (TPSA) is 24.4 Å². The number of hydrogen-bond donors (Lipinski definition) is 1. The van der Waals surface area contributed by atoms with Gasteiger partial charge in [0.1, 0.15) is 10.2 Å². The fraction of sp³-hybridized carbons (Fsp3) is 0.250. The van der Waals surface area contributed by atoms with E-state index in [9.17, 15) is 0 Å². The van der Waals surface area contributed by atoms with Gasteiger partial charge in [0.05, 0.1) is 0 Å². The number of nitrogens with zero attached hydrogens (tertiary/aromatic N) is 1. The van der Waals surface area contributed by atoms with Crippen molar-refractivity contribution in [1.82, 2.24) is 5.32 Å². The molecule has 1 N–H and O–H groups in total. The highest BCUT2D eigenvalue weighted by molar-refractivity contribution is 9.18. The first-order chi connectivity index (χ1) is 7.22. The van der Waals surface area contributed by atoms with Crippen LogP contribution in [0.25, 0.3) is 0 Å². The van der Waals surface area contributed by atoms with E-state index in [1.54, 1.807) is 0 Å². The molecule has 1 spiro atoms. The lowest BCUT2D eigenvalue weighted by Crippen LogP contribution is -2.34. The molecule has 3 rings (SSSR count). The molecular formula is C12H11BrN2. The van der Waals surface area contributed by atoms with E-state index in [4.69, 9.17) is 4.99 Å². The van der Waals surface area contributed by atoms with Crippen molar-refractivity contribution >= 4 is 20.6 Å². The first-order valence-corrected chi connectivity index (χ1v) is 5.80. The molecule has 0 saturated heterocycles. The van der Waals surface area contributed by atoms with Crippen molar-refractivity contribution in [2.45, 2.75) is 18.9 Å². The first-order valence-electron chi connectivity index (χ1n) is 5.01. The third-order valence-corrected chi connectivity index (χ3v) is 3.57. The fourth-order valence-corrected chi connectivity index (χ4v) is 2.79. The van der Waals surface area contributed by atoms with E-state index in [0.717, 1.165) is 11.0 Å². The average Bonchev–Trinajstić information content (AvgIpc) is 2.59. The Kier molecular flexibility index (Phi) is 1.80. The van der Waals surface area contributed by atoms with Crippen molar-refractivity contribution < 1.29 is 0 Å². The molecule has 0 fully saturated rings. The van der Waals surface area contributed by atoms with Gasteiger partial charge in [0.15, 0.2) is 0 Å². The van der Waals surface area contributed by atoms with E-state index in [-0.39, 0.29) is 5.54 Å². The summed E-state index contributed by atoms with van der Waals surface area (Å²) in [4.78, 5) is 4.72. The molecule has 0 bridgehead atoms. The van der Waals surface area contributed by atoms with Gasteiger partial charge in [-0.05, 0) is 53.2 Å². The minimum Gasteiger partial charge on any atom is -0.363 e. The number of allylic oxidation sites excluding steroid dienone is 3.